The lowest BCUT2D eigenvalue weighted by atomic mass is 10.2. The predicted octanol–water partition coefficient (Wildman–Crippen LogP) is -1.49. The standard InChI is InChI=1S/C9H12NO7S2/c1-2-17-9(12)8(10-5-11)7-3-18(13,14)6-19(15,16)4-7/h5-6H,2-4H2,1H3,(H,10,11)/q-1. The molecule has 0 aromatic heterocycles. The van der Waals surface area contributed by atoms with Crippen LogP contribution in [0.2, 0.25) is 0 Å². The minimum Gasteiger partial charge on any atom is -0.461 e. The van der Waals surface area contributed by atoms with E-state index in [0.29, 0.717) is 0 Å². The normalized spacial score (nSPS) is 20.4. The first kappa shape index (κ1) is 15.6. The summed E-state index contributed by atoms with van der Waals surface area (Å²) in [6, 6.07) is 0. The summed E-state index contributed by atoms with van der Waals surface area (Å²) >= 11 is 0. The van der Waals surface area contributed by atoms with Gasteiger partial charge in [0.1, 0.15) is 5.70 Å². The summed E-state index contributed by atoms with van der Waals surface area (Å²) in [6.07, 6.45) is 0.150. The molecule has 0 bridgehead atoms. The van der Waals surface area contributed by atoms with Crippen molar-refractivity contribution >= 4 is 32.1 Å². The zero-order valence-corrected chi connectivity index (χ0v) is 11.6. The Morgan fingerprint density at radius 2 is 1.84 bits per heavy atom. The molecular formula is C9H12NO7S2-. The third-order valence-corrected chi connectivity index (χ3v) is 5.93. The number of carbonyl (C=O) groups excluding carboxylic acids is 2. The second kappa shape index (κ2) is 5.70. The van der Waals surface area contributed by atoms with Crippen molar-refractivity contribution in [1.82, 2.24) is 5.32 Å². The number of sulfone groups is 2. The van der Waals surface area contributed by atoms with Crippen LogP contribution in [0.1, 0.15) is 6.92 Å². The third kappa shape index (κ3) is 4.31. The van der Waals surface area contributed by atoms with Gasteiger partial charge in [0.25, 0.3) is 0 Å². The molecule has 1 heterocycles. The van der Waals surface area contributed by atoms with Crippen molar-refractivity contribution in [3.05, 3.63) is 16.4 Å². The molecule has 1 N–H and O–H groups in total. The molecule has 10 heteroatoms. The van der Waals surface area contributed by atoms with Gasteiger partial charge in [-0.1, -0.05) is 5.08 Å². The Morgan fingerprint density at radius 3 is 2.26 bits per heavy atom. The predicted molar refractivity (Wildman–Crippen MR) is 64.7 cm³/mol. The van der Waals surface area contributed by atoms with Gasteiger partial charge >= 0.3 is 5.97 Å². The molecule has 0 aromatic rings. The number of rotatable bonds is 4. The van der Waals surface area contributed by atoms with Crippen LogP contribution in [0, 0.1) is 5.08 Å². The SMILES string of the molecule is CCOC(=O)C(NC=O)=C1CS(=O)(=O)[CH-]S(=O)(=O)C1. The minimum atomic E-state index is -3.99. The Balaban J connectivity index is 3.28. The molecule has 0 atom stereocenters. The van der Waals surface area contributed by atoms with Crippen LogP contribution < -0.4 is 5.32 Å². The van der Waals surface area contributed by atoms with Crippen LogP contribution in [0.25, 0.3) is 0 Å². The van der Waals surface area contributed by atoms with Crippen LogP contribution in [0.3, 0.4) is 0 Å². The highest BCUT2D eigenvalue weighted by molar-refractivity contribution is 8.12. The van der Waals surface area contributed by atoms with Crippen molar-refractivity contribution in [2.45, 2.75) is 6.92 Å². The van der Waals surface area contributed by atoms with Gasteiger partial charge in [-0.05, 0) is 12.5 Å². The summed E-state index contributed by atoms with van der Waals surface area (Å²) in [4.78, 5) is 22.0. The van der Waals surface area contributed by atoms with Gasteiger partial charge in [-0.2, -0.15) is 0 Å². The van der Waals surface area contributed by atoms with Gasteiger partial charge in [-0.3, -0.25) is 21.6 Å². The van der Waals surface area contributed by atoms with Gasteiger partial charge in [0.2, 0.25) is 6.41 Å². The fraction of sp³-hybridized carbons (Fsp3) is 0.444. The summed E-state index contributed by atoms with van der Waals surface area (Å²) in [6.45, 7) is 1.52. The maximum Gasteiger partial charge on any atom is 0.354 e. The first-order valence-electron chi connectivity index (χ1n) is 5.10. The average molecular weight is 310 g/mol. The Bertz CT molecular complexity index is 579. The largest absolute Gasteiger partial charge is 0.461 e. The maximum atomic E-state index is 11.6. The molecule has 1 aliphatic heterocycles. The molecule has 0 saturated carbocycles. The lowest BCUT2D eigenvalue weighted by molar-refractivity contribution is -0.139. The molecule has 1 saturated heterocycles. The first-order chi connectivity index (χ1) is 8.71. The molecule has 19 heavy (non-hydrogen) atoms. The van der Waals surface area contributed by atoms with Gasteiger partial charge in [-0.25, -0.2) is 4.79 Å². The number of hydrogen-bond donors (Lipinski definition) is 1. The van der Waals surface area contributed by atoms with E-state index in [-0.39, 0.29) is 23.7 Å². The van der Waals surface area contributed by atoms with Crippen LogP contribution in [0.4, 0.5) is 0 Å². The summed E-state index contributed by atoms with van der Waals surface area (Å²) in [5.41, 5.74) is -0.662. The Labute approximate surface area is 110 Å². The smallest absolute Gasteiger partial charge is 0.354 e. The lowest BCUT2D eigenvalue weighted by Crippen LogP contribution is -2.33. The van der Waals surface area contributed by atoms with Crippen molar-refractivity contribution < 1.29 is 31.2 Å². The second-order valence-electron chi connectivity index (χ2n) is 3.67. The molecule has 0 unspecified atom stereocenters. The fourth-order valence-corrected chi connectivity index (χ4v) is 5.46. The van der Waals surface area contributed by atoms with Crippen molar-refractivity contribution in [1.29, 1.82) is 0 Å². The van der Waals surface area contributed by atoms with Crippen molar-refractivity contribution in [2.24, 2.45) is 0 Å². The quantitative estimate of drug-likeness (QED) is 0.290. The lowest BCUT2D eigenvalue weighted by Gasteiger charge is -2.25. The van der Waals surface area contributed by atoms with E-state index in [1.807, 2.05) is 5.32 Å². The number of carbonyl (C=O) groups is 2. The first-order valence-corrected chi connectivity index (χ1v) is 8.53. The zero-order chi connectivity index (χ0) is 14.7. The summed E-state index contributed by atoms with van der Waals surface area (Å²) in [7, 11) is -7.97. The van der Waals surface area contributed by atoms with Gasteiger partial charge in [0, 0.05) is 31.2 Å². The van der Waals surface area contributed by atoms with Gasteiger partial charge in [0.05, 0.1) is 6.61 Å². The molecule has 1 amide bonds. The number of nitrogens with one attached hydrogen (secondary N) is 1. The van der Waals surface area contributed by atoms with E-state index in [1.165, 1.54) is 6.92 Å². The molecule has 1 rings (SSSR count). The van der Waals surface area contributed by atoms with E-state index in [1.54, 1.807) is 0 Å². The highest BCUT2D eigenvalue weighted by Gasteiger charge is 2.27. The Hall–Kier alpha value is -1.42. The molecule has 0 aromatic carbocycles. The van der Waals surface area contributed by atoms with Crippen molar-refractivity contribution in [2.75, 3.05) is 18.1 Å². The summed E-state index contributed by atoms with van der Waals surface area (Å²) in [5.74, 6) is -2.28. The number of amides is 1. The van der Waals surface area contributed by atoms with Crippen LogP contribution >= 0.6 is 0 Å². The number of ether oxygens (including phenoxy) is 1. The molecule has 0 aliphatic carbocycles. The molecule has 1 fully saturated rings. The highest BCUT2D eigenvalue weighted by Crippen LogP contribution is 2.22. The van der Waals surface area contributed by atoms with Gasteiger partial charge < -0.3 is 10.1 Å². The van der Waals surface area contributed by atoms with E-state index in [2.05, 4.69) is 4.74 Å². The Morgan fingerprint density at radius 1 is 1.32 bits per heavy atom. The maximum absolute atomic E-state index is 11.6. The Kier molecular flexibility index (Phi) is 4.69. The van der Waals surface area contributed by atoms with E-state index in [0.717, 1.165) is 0 Å². The van der Waals surface area contributed by atoms with E-state index >= 15 is 0 Å². The monoisotopic (exact) mass is 310 g/mol. The van der Waals surface area contributed by atoms with Crippen molar-refractivity contribution in [3.8, 4) is 0 Å². The van der Waals surface area contributed by atoms with Gasteiger partial charge in [0.15, 0.2) is 0 Å². The number of hydrogen-bond acceptors (Lipinski definition) is 7. The molecule has 0 radical (unpaired) electrons. The van der Waals surface area contributed by atoms with E-state index in [4.69, 9.17) is 0 Å². The zero-order valence-electron chi connectivity index (χ0n) is 9.95. The van der Waals surface area contributed by atoms with Crippen LogP contribution in [-0.2, 0) is 34.0 Å². The van der Waals surface area contributed by atoms with E-state index < -0.39 is 42.8 Å². The average Bonchev–Trinajstić information content (AvgIpc) is 2.21. The molecule has 1 aliphatic rings. The topological polar surface area (TPSA) is 124 Å². The second-order valence-corrected chi connectivity index (χ2v) is 7.67. The van der Waals surface area contributed by atoms with E-state index in [9.17, 15) is 26.4 Å². The molecule has 8 nitrogen and oxygen atoms in total. The van der Waals surface area contributed by atoms with Crippen molar-refractivity contribution in [3.63, 3.8) is 0 Å². The summed E-state index contributed by atoms with van der Waals surface area (Å²) < 4.78 is 50.3. The summed E-state index contributed by atoms with van der Waals surface area (Å²) in [5, 5.41) is 2.25. The molecule has 108 valence electrons. The molecular weight excluding hydrogens is 298 g/mol. The third-order valence-electron chi connectivity index (χ3n) is 2.08. The van der Waals surface area contributed by atoms with Gasteiger partial charge in [-0.15, -0.1) is 0 Å². The molecule has 0 spiro atoms. The van der Waals surface area contributed by atoms with Crippen LogP contribution in [-0.4, -0.2) is 47.3 Å². The van der Waals surface area contributed by atoms with Crippen LogP contribution in [0.5, 0.6) is 0 Å². The number of esters is 1. The highest BCUT2D eigenvalue weighted by atomic mass is 32.3. The fourth-order valence-electron chi connectivity index (χ4n) is 1.53. The minimum absolute atomic E-state index is 0.00176. The van der Waals surface area contributed by atoms with Crippen LogP contribution in [0.15, 0.2) is 11.3 Å².